The number of nitrogens with one attached hydrogen (secondary N) is 2. The first kappa shape index (κ1) is 20.2. The van der Waals surface area contributed by atoms with Crippen molar-refractivity contribution in [2.24, 2.45) is 0 Å². The quantitative estimate of drug-likeness (QED) is 0.480. The van der Waals surface area contributed by atoms with Gasteiger partial charge in [-0.15, -0.1) is 0 Å². The molecule has 8 heteroatoms. The molecule has 0 aliphatic heterocycles. The Kier molecular flexibility index (Phi) is 5.70. The number of amides is 2. The monoisotopic (exact) mass is 421 g/mol. The number of ether oxygens (including phenoxy) is 1. The van der Waals surface area contributed by atoms with Crippen molar-refractivity contribution in [3.05, 3.63) is 94.4 Å². The zero-order valence-electron chi connectivity index (χ0n) is 16.7. The first-order chi connectivity index (χ1) is 15.0. The van der Waals surface area contributed by atoms with Crippen molar-refractivity contribution in [3.8, 4) is 5.75 Å². The minimum absolute atomic E-state index is 0.0467. The van der Waals surface area contributed by atoms with Gasteiger partial charge in [0.2, 0.25) is 0 Å². The van der Waals surface area contributed by atoms with Crippen molar-refractivity contribution >= 4 is 22.6 Å². The molecule has 0 spiro atoms. The molecular formula is C23H20FN3O4. The maximum Gasteiger partial charge on any atom is 0.322 e. The molecule has 2 amide bonds. The van der Waals surface area contributed by atoms with Gasteiger partial charge in [0, 0.05) is 17.3 Å². The van der Waals surface area contributed by atoms with Gasteiger partial charge in [0.1, 0.15) is 17.3 Å². The van der Waals surface area contributed by atoms with Crippen molar-refractivity contribution < 1.29 is 18.3 Å². The second-order valence-corrected chi connectivity index (χ2v) is 6.95. The molecule has 4 rings (SSSR count). The highest BCUT2D eigenvalue weighted by atomic mass is 19.1. The number of hydrogen-bond acceptors (Lipinski definition) is 4. The van der Waals surface area contributed by atoms with E-state index >= 15 is 0 Å². The first-order valence-corrected chi connectivity index (χ1v) is 9.55. The molecule has 0 atom stereocenters. The third-order valence-corrected chi connectivity index (χ3v) is 4.80. The minimum Gasteiger partial charge on any atom is -0.497 e. The van der Waals surface area contributed by atoms with E-state index in [0.29, 0.717) is 28.3 Å². The molecule has 2 N–H and O–H groups in total. The van der Waals surface area contributed by atoms with Gasteiger partial charge in [-0.3, -0.25) is 4.79 Å². The number of pyridine rings is 1. The SMILES string of the molecule is COc1ccc2cc(CN(Cc3ccco3)C(=O)Nc3ccc(F)cc3)c(=O)[nH]c2c1. The highest BCUT2D eigenvalue weighted by Gasteiger charge is 2.18. The molecule has 0 saturated carbocycles. The second-order valence-electron chi connectivity index (χ2n) is 6.95. The normalized spacial score (nSPS) is 10.8. The van der Waals surface area contributed by atoms with Gasteiger partial charge < -0.3 is 24.4 Å². The van der Waals surface area contributed by atoms with Crippen LogP contribution in [0.1, 0.15) is 11.3 Å². The number of fused-ring (bicyclic) bond motifs is 1. The molecule has 0 aliphatic rings. The molecule has 0 saturated heterocycles. The van der Waals surface area contributed by atoms with Gasteiger partial charge >= 0.3 is 6.03 Å². The molecule has 2 heterocycles. The molecule has 0 radical (unpaired) electrons. The molecule has 0 bridgehead atoms. The van der Waals surface area contributed by atoms with Gasteiger partial charge in [-0.25, -0.2) is 9.18 Å². The fourth-order valence-corrected chi connectivity index (χ4v) is 3.20. The summed E-state index contributed by atoms with van der Waals surface area (Å²) in [5, 5.41) is 3.54. The smallest absolute Gasteiger partial charge is 0.322 e. The van der Waals surface area contributed by atoms with Crippen molar-refractivity contribution in [1.82, 2.24) is 9.88 Å². The Hall–Kier alpha value is -4.07. The number of methoxy groups -OCH3 is 1. The summed E-state index contributed by atoms with van der Waals surface area (Å²) in [5.41, 5.74) is 1.19. The topological polar surface area (TPSA) is 87.6 Å². The van der Waals surface area contributed by atoms with Gasteiger partial charge in [0.15, 0.2) is 0 Å². The Bertz CT molecular complexity index is 1250. The number of furan rings is 1. The van der Waals surface area contributed by atoms with Crippen LogP contribution in [0.25, 0.3) is 10.9 Å². The number of carbonyl (C=O) groups excluding carboxylic acids is 1. The van der Waals surface area contributed by atoms with E-state index < -0.39 is 11.8 Å². The summed E-state index contributed by atoms with van der Waals surface area (Å²) in [6.45, 7) is 0.200. The Morgan fingerprint density at radius 2 is 1.94 bits per heavy atom. The zero-order chi connectivity index (χ0) is 21.8. The minimum atomic E-state index is -0.447. The van der Waals surface area contributed by atoms with Gasteiger partial charge in [0.25, 0.3) is 5.56 Å². The third-order valence-electron chi connectivity index (χ3n) is 4.80. The van der Waals surface area contributed by atoms with E-state index in [9.17, 15) is 14.0 Å². The van der Waals surface area contributed by atoms with E-state index in [1.165, 1.54) is 35.4 Å². The number of aromatic nitrogens is 1. The van der Waals surface area contributed by atoms with Gasteiger partial charge in [-0.1, -0.05) is 0 Å². The number of rotatable bonds is 6. The Labute approximate surface area is 177 Å². The van der Waals surface area contributed by atoms with E-state index in [1.54, 1.807) is 37.4 Å². The molecule has 158 valence electrons. The Morgan fingerprint density at radius 3 is 2.65 bits per heavy atom. The average Bonchev–Trinajstić information content (AvgIpc) is 3.28. The second kappa shape index (κ2) is 8.74. The summed E-state index contributed by atoms with van der Waals surface area (Å²) < 4.78 is 23.7. The van der Waals surface area contributed by atoms with Crippen molar-refractivity contribution in [2.75, 3.05) is 12.4 Å². The number of urea groups is 1. The molecule has 2 aromatic heterocycles. The standard InChI is InChI=1S/C23H20FN3O4/c1-30-19-9-4-15-11-16(22(28)26-21(15)12-19)13-27(14-20-3-2-10-31-20)23(29)25-18-7-5-17(24)6-8-18/h2-12H,13-14H2,1H3,(H,25,29)(H,26,28). The highest BCUT2D eigenvalue weighted by molar-refractivity contribution is 5.89. The summed E-state index contributed by atoms with van der Waals surface area (Å²) >= 11 is 0. The molecule has 0 aliphatic carbocycles. The molecule has 7 nitrogen and oxygen atoms in total. The van der Waals surface area contributed by atoms with Crippen LogP contribution in [0.15, 0.2) is 76.1 Å². The molecule has 4 aromatic rings. The van der Waals surface area contributed by atoms with Crippen LogP contribution in [0.2, 0.25) is 0 Å². The van der Waals surface area contributed by atoms with Crippen LogP contribution in [0, 0.1) is 5.82 Å². The van der Waals surface area contributed by atoms with Crippen molar-refractivity contribution in [2.45, 2.75) is 13.1 Å². The lowest BCUT2D eigenvalue weighted by Crippen LogP contribution is -2.35. The summed E-state index contributed by atoms with van der Waals surface area (Å²) in [6.07, 6.45) is 1.52. The molecule has 0 unspecified atom stereocenters. The summed E-state index contributed by atoms with van der Waals surface area (Å²) in [4.78, 5) is 29.9. The number of anilines is 1. The first-order valence-electron chi connectivity index (χ1n) is 9.55. The van der Waals surface area contributed by atoms with E-state index in [4.69, 9.17) is 9.15 Å². The predicted molar refractivity (Wildman–Crippen MR) is 114 cm³/mol. The van der Waals surface area contributed by atoms with Crippen molar-refractivity contribution in [1.29, 1.82) is 0 Å². The fourth-order valence-electron chi connectivity index (χ4n) is 3.20. The van der Waals surface area contributed by atoms with Crippen LogP contribution in [0.4, 0.5) is 14.9 Å². The van der Waals surface area contributed by atoms with Gasteiger partial charge in [-0.05, 0) is 60.0 Å². The van der Waals surface area contributed by atoms with Crippen LogP contribution >= 0.6 is 0 Å². The van der Waals surface area contributed by atoms with Crippen LogP contribution in [-0.2, 0) is 13.1 Å². The number of nitrogens with zero attached hydrogens (tertiary/aromatic N) is 1. The number of carbonyl (C=O) groups is 1. The number of benzene rings is 2. The molecule has 0 fully saturated rings. The maximum absolute atomic E-state index is 13.2. The van der Waals surface area contributed by atoms with Crippen LogP contribution in [0.5, 0.6) is 5.75 Å². The van der Waals surface area contributed by atoms with Crippen LogP contribution in [-0.4, -0.2) is 23.0 Å². The fraction of sp³-hybridized carbons (Fsp3) is 0.130. The maximum atomic E-state index is 13.2. The highest BCUT2D eigenvalue weighted by Crippen LogP contribution is 2.20. The van der Waals surface area contributed by atoms with Crippen LogP contribution in [0.3, 0.4) is 0 Å². The number of H-pyrrole nitrogens is 1. The van der Waals surface area contributed by atoms with E-state index in [2.05, 4.69) is 10.3 Å². The number of aromatic amines is 1. The zero-order valence-corrected chi connectivity index (χ0v) is 16.7. The largest absolute Gasteiger partial charge is 0.497 e. The number of halogens is 1. The molecule has 2 aromatic carbocycles. The van der Waals surface area contributed by atoms with Crippen LogP contribution < -0.4 is 15.6 Å². The van der Waals surface area contributed by atoms with E-state index in [-0.39, 0.29) is 18.6 Å². The van der Waals surface area contributed by atoms with Crippen molar-refractivity contribution in [3.63, 3.8) is 0 Å². The predicted octanol–water partition coefficient (Wildman–Crippen LogP) is 4.50. The lowest BCUT2D eigenvalue weighted by Gasteiger charge is -2.22. The van der Waals surface area contributed by atoms with E-state index in [0.717, 1.165) is 5.39 Å². The summed E-state index contributed by atoms with van der Waals surface area (Å²) in [5.74, 6) is 0.801. The summed E-state index contributed by atoms with van der Waals surface area (Å²) in [7, 11) is 1.56. The van der Waals surface area contributed by atoms with E-state index in [1.807, 2.05) is 6.07 Å². The van der Waals surface area contributed by atoms with Gasteiger partial charge in [-0.2, -0.15) is 0 Å². The Morgan fingerprint density at radius 1 is 1.13 bits per heavy atom. The summed E-state index contributed by atoms with van der Waals surface area (Å²) in [6, 6.07) is 15.6. The lowest BCUT2D eigenvalue weighted by molar-refractivity contribution is 0.201. The molecular weight excluding hydrogens is 401 g/mol. The lowest BCUT2D eigenvalue weighted by atomic mass is 10.1. The molecule has 31 heavy (non-hydrogen) atoms. The Balaban J connectivity index is 1.62. The van der Waals surface area contributed by atoms with Gasteiger partial charge in [0.05, 0.1) is 32.0 Å². The third kappa shape index (κ3) is 4.75. The number of hydrogen-bond donors (Lipinski definition) is 2. The average molecular weight is 421 g/mol.